The van der Waals surface area contributed by atoms with Gasteiger partial charge in [0.05, 0.1) is 28.7 Å². The molecule has 5 nitrogen and oxygen atoms in total. The van der Waals surface area contributed by atoms with Gasteiger partial charge in [-0.05, 0) is 35.4 Å². The lowest BCUT2D eigenvalue weighted by Crippen LogP contribution is -2.06. The van der Waals surface area contributed by atoms with Gasteiger partial charge in [-0.15, -0.1) is 0 Å². The molecule has 0 spiro atoms. The van der Waals surface area contributed by atoms with Crippen molar-refractivity contribution in [2.75, 3.05) is 5.32 Å². The molecule has 1 heterocycles. The average Bonchev–Trinajstić information content (AvgIpc) is 2.67. The van der Waals surface area contributed by atoms with Gasteiger partial charge in [0.2, 0.25) is 0 Å². The van der Waals surface area contributed by atoms with Gasteiger partial charge in [0, 0.05) is 19.0 Å². The van der Waals surface area contributed by atoms with Crippen molar-refractivity contribution in [3.05, 3.63) is 65.4 Å². The van der Waals surface area contributed by atoms with Crippen molar-refractivity contribution in [1.29, 1.82) is 10.8 Å². The van der Waals surface area contributed by atoms with Crippen molar-refractivity contribution < 1.29 is 13.2 Å². The molecule has 0 bridgehead atoms. The molecule has 0 saturated carbocycles. The lowest BCUT2D eigenvalue weighted by atomic mass is 10.0. The zero-order valence-electron chi connectivity index (χ0n) is 14.1. The van der Waals surface area contributed by atoms with E-state index in [0.29, 0.717) is 29.0 Å². The summed E-state index contributed by atoms with van der Waals surface area (Å²) >= 11 is 0. The second-order valence-corrected chi connectivity index (χ2v) is 5.91. The molecule has 0 radical (unpaired) electrons. The van der Waals surface area contributed by atoms with Crippen LogP contribution in [0.4, 0.5) is 19.0 Å². The highest BCUT2D eigenvalue weighted by molar-refractivity contribution is 5.89. The number of rotatable bonds is 6. The Morgan fingerprint density at radius 1 is 1.00 bits per heavy atom. The second kappa shape index (κ2) is 7.53. The van der Waals surface area contributed by atoms with Crippen molar-refractivity contribution in [1.82, 2.24) is 9.97 Å². The minimum atomic E-state index is -4.34. The van der Waals surface area contributed by atoms with Crippen LogP contribution in [-0.2, 0) is 12.7 Å². The summed E-state index contributed by atoms with van der Waals surface area (Å²) in [6.45, 7) is 0.320. The molecule has 0 unspecified atom stereocenters. The first-order chi connectivity index (χ1) is 12.9. The van der Waals surface area contributed by atoms with Crippen LogP contribution in [0.25, 0.3) is 11.0 Å². The van der Waals surface area contributed by atoms with E-state index in [0.717, 1.165) is 17.7 Å². The Labute approximate surface area is 153 Å². The van der Waals surface area contributed by atoms with E-state index in [1.54, 1.807) is 24.4 Å². The Morgan fingerprint density at radius 3 is 2.33 bits per heavy atom. The molecule has 0 saturated heterocycles. The zero-order chi connectivity index (χ0) is 19.4. The normalized spacial score (nSPS) is 12.6. The van der Waals surface area contributed by atoms with Crippen molar-refractivity contribution in [2.24, 2.45) is 0 Å². The third kappa shape index (κ3) is 4.28. The van der Waals surface area contributed by atoms with Gasteiger partial charge in [-0.25, -0.2) is 4.98 Å². The highest BCUT2D eigenvalue weighted by Gasteiger charge is 2.29. The Bertz CT molecular complexity index is 959. The summed E-state index contributed by atoms with van der Waals surface area (Å²) in [4.78, 5) is 8.76. The van der Waals surface area contributed by atoms with Crippen molar-refractivity contribution in [2.45, 2.75) is 18.6 Å². The fourth-order valence-corrected chi connectivity index (χ4v) is 2.57. The van der Waals surface area contributed by atoms with Crippen LogP contribution in [0, 0.1) is 10.8 Å². The van der Waals surface area contributed by atoms with E-state index >= 15 is 0 Å². The van der Waals surface area contributed by atoms with Gasteiger partial charge in [-0.3, -0.25) is 4.98 Å². The number of anilines is 1. The van der Waals surface area contributed by atoms with Crippen LogP contribution in [-0.4, -0.2) is 22.4 Å². The summed E-state index contributed by atoms with van der Waals surface area (Å²) in [5.41, 5.74) is 2.08. The van der Waals surface area contributed by atoms with Gasteiger partial charge >= 0.3 is 6.18 Å². The molecule has 0 aliphatic heterocycles. The number of nitrogens with one attached hydrogen (secondary N) is 3. The molecule has 0 aliphatic carbocycles. The molecule has 0 atom stereocenters. The molecule has 3 N–H and O–H groups in total. The van der Waals surface area contributed by atoms with E-state index in [1.165, 1.54) is 24.6 Å². The maximum atomic E-state index is 12.6. The molecule has 8 heteroatoms. The van der Waals surface area contributed by atoms with Gasteiger partial charge in [0.15, 0.2) is 0 Å². The van der Waals surface area contributed by atoms with Crippen LogP contribution in [0.3, 0.4) is 0 Å². The summed E-state index contributed by atoms with van der Waals surface area (Å²) in [7, 11) is 0. The van der Waals surface area contributed by atoms with Gasteiger partial charge in [-0.2, -0.15) is 13.2 Å². The van der Waals surface area contributed by atoms with Crippen LogP contribution in [0.1, 0.15) is 22.6 Å². The van der Waals surface area contributed by atoms with Crippen molar-refractivity contribution >= 4 is 29.3 Å². The number of hydrogen-bond donors (Lipinski definition) is 3. The molecule has 1 aromatic heterocycles. The molecule has 3 aromatic rings. The summed E-state index contributed by atoms with van der Waals surface area (Å²) in [5, 5.41) is 17.7. The summed E-state index contributed by atoms with van der Waals surface area (Å²) in [6.07, 6.45) is -0.438. The fraction of sp³-hybridized carbons (Fsp3) is 0.158. The van der Waals surface area contributed by atoms with Crippen LogP contribution >= 0.6 is 0 Å². The van der Waals surface area contributed by atoms with E-state index in [9.17, 15) is 13.2 Å². The highest BCUT2D eigenvalue weighted by atomic mass is 19.4. The molecule has 0 aliphatic rings. The maximum absolute atomic E-state index is 12.6. The Hall–Kier alpha value is -3.29. The van der Waals surface area contributed by atoms with Gasteiger partial charge < -0.3 is 16.1 Å². The van der Waals surface area contributed by atoms with E-state index in [1.807, 2.05) is 0 Å². The lowest BCUT2D eigenvalue weighted by molar-refractivity contribution is -0.137. The first-order valence-corrected chi connectivity index (χ1v) is 8.08. The first kappa shape index (κ1) is 18.5. The van der Waals surface area contributed by atoms with Gasteiger partial charge in [0.25, 0.3) is 0 Å². The Morgan fingerprint density at radius 2 is 1.70 bits per heavy atom. The number of nitrogens with zero attached hydrogens (tertiary/aromatic N) is 2. The smallest absolute Gasteiger partial charge is 0.365 e. The molecule has 0 fully saturated rings. The molecule has 2 aromatic carbocycles. The maximum Gasteiger partial charge on any atom is 0.416 e. The average molecular weight is 371 g/mol. The molecular weight excluding hydrogens is 355 g/mol. The molecule has 27 heavy (non-hydrogen) atoms. The second-order valence-electron chi connectivity index (χ2n) is 5.91. The fourth-order valence-electron chi connectivity index (χ4n) is 2.57. The van der Waals surface area contributed by atoms with Crippen LogP contribution in [0.5, 0.6) is 0 Å². The number of alkyl halides is 3. The monoisotopic (exact) mass is 371 g/mol. The third-order valence-electron chi connectivity index (χ3n) is 4.07. The number of aromatic nitrogens is 2. The number of hydrogen-bond acceptors (Lipinski definition) is 5. The first-order valence-electron chi connectivity index (χ1n) is 8.08. The minimum Gasteiger partial charge on any atom is -0.365 e. The van der Waals surface area contributed by atoms with E-state index in [-0.39, 0.29) is 0 Å². The molecular formula is C19H16F3N5. The Balaban J connectivity index is 1.73. The van der Waals surface area contributed by atoms with Gasteiger partial charge in [0.1, 0.15) is 5.82 Å². The standard InChI is InChI=1S/C19H16F3N5/c20-19(21,22)15-4-1-12(2-5-15)10-26-18-11-25-17-7-13(14(8-23)9-24)3-6-16(17)27-18/h1-9,11,14,23-24H,10H2,(H,26,27). The highest BCUT2D eigenvalue weighted by Crippen LogP contribution is 2.29. The SMILES string of the molecule is N=CC(C=N)c1ccc2nc(NCc3ccc(C(F)(F)F)cc3)cnc2c1. The van der Waals surface area contributed by atoms with E-state index < -0.39 is 17.7 Å². The Kier molecular flexibility index (Phi) is 5.16. The zero-order valence-corrected chi connectivity index (χ0v) is 14.1. The van der Waals surface area contributed by atoms with Crippen molar-refractivity contribution in [3.8, 4) is 0 Å². The summed E-state index contributed by atoms with van der Waals surface area (Å²) < 4.78 is 37.8. The van der Waals surface area contributed by atoms with Crippen LogP contribution in [0.2, 0.25) is 0 Å². The number of benzene rings is 2. The minimum absolute atomic E-state index is 0.320. The summed E-state index contributed by atoms with van der Waals surface area (Å²) in [6, 6.07) is 10.3. The predicted octanol–water partition coefficient (Wildman–Crippen LogP) is 4.64. The van der Waals surface area contributed by atoms with Crippen LogP contribution in [0.15, 0.2) is 48.7 Å². The number of fused-ring (bicyclic) bond motifs is 1. The summed E-state index contributed by atoms with van der Waals surface area (Å²) in [5.74, 6) is 0.111. The topological polar surface area (TPSA) is 85.5 Å². The van der Waals surface area contributed by atoms with Crippen LogP contribution < -0.4 is 5.32 Å². The third-order valence-corrected chi connectivity index (χ3v) is 4.07. The predicted molar refractivity (Wildman–Crippen MR) is 98.6 cm³/mol. The quantitative estimate of drug-likeness (QED) is 0.552. The molecule has 3 rings (SSSR count). The lowest BCUT2D eigenvalue weighted by Gasteiger charge is -2.10. The number of halogens is 3. The molecule has 138 valence electrons. The van der Waals surface area contributed by atoms with E-state index in [2.05, 4.69) is 15.3 Å². The van der Waals surface area contributed by atoms with Crippen molar-refractivity contribution in [3.63, 3.8) is 0 Å². The largest absolute Gasteiger partial charge is 0.416 e. The molecule has 0 amide bonds. The van der Waals surface area contributed by atoms with Gasteiger partial charge in [-0.1, -0.05) is 18.2 Å². The van der Waals surface area contributed by atoms with E-state index in [4.69, 9.17) is 10.8 Å².